The molecule has 2 saturated carbocycles. The minimum Gasteiger partial charge on any atom is -0.439 e. The van der Waals surface area contributed by atoms with E-state index in [1.165, 1.54) is 25.7 Å². The van der Waals surface area contributed by atoms with E-state index in [1.54, 1.807) is 0 Å². The van der Waals surface area contributed by atoms with Crippen molar-refractivity contribution in [3.63, 3.8) is 0 Å². The molecule has 0 aliphatic heterocycles. The SMILES string of the molecule is O=C(CCl)NC1CCCC1.O=C(COc1nc(-c2ccccc2)no1)NC1CCCC1.O=c1[nH]c(-c2ccccc2)no1. The van der Waals surface area contributed by atoms with Crippen LogP contribution in [0.25, 0.3) is 22.8 Å². The Kier molecular flexibility index (Phi) is 12.3. The van der Waals surface area contributed by atoms with E-state index >= 15 is 0 Å². The number of hydrogen-bond donors (Lipinski definition) is 3. The average molecular weight is 611 g/mol. The third-order valence-corrected chi connectivity index (χ3v) is 7.06. The molecule has 0 spiro atoms. The molecular formula is C30H35ClN6O6. The number of H-pyrrole nitrogens is 1. The number of nitrogens with one attached hydrogen (secondary N) is 3. The van der Waals surface area contributed by atoms with Gasteiger partial charge in [-0.1, -0.05) is 96.7 Å². The standard InChI is InChI=1S/C15H17N3O3.C8H6N2O2.C7H12ClNO/c19-13(16-12-8-4-5-9-12)10-20-15-17-14(18-21-15)11-6-2-1-3-7-11;11-8-9-7(10-12-8)6-4-2-1-3-5-6;8-5-7(10)9-6-3-1-2-4-6/h1-3,6-7,12H,4-5,8-10H2,(H,16,19);1-5H,(H,9,10,11);6H,1-5H2,(H,9,10). The fourth-order valence-corrected chi connectivity index (χ4v) is 4.80. The Hall–Kier alpha value is -4.45. The minimum atomic E-state index is -0.533. The van der Waals surface area contributed by atoms with Gasteiger partial charge in [0.2, 0.25) is 11.7 Å². The second-order valence-corrected chi connectivity index (χ2v) is 10.3. The van der Waals surface area contributed by atoms with Crippen molar-refractivity contribution in [3.8, 4) is 28.9 Å². The number of carbonyl (C=O) groups is 2. The van der Waals surface area contributed by atoms with Crippen LogP contribution in [0.4, 0.5) is 0 Å². The molecule has 0 unspecified atom stereocenters. The maximum Gasteiger partial charge on any atom is 0.439 e. The minimum absolute atomic E-state index is 0.00965. The highest BCUT2D eigenvalue weighted by Gasteiger charge is 2.18. The monoisotopic (exact) mass is 610 g/mol. The Bertz CT molecular complexity index is 1450. The lowest BCUT2D eigenvalue weighted by molar-refractivity contribution is -0.124. The first kappa shape index (κ1) is 31.5. The lowest BCUT2D eigenvalue weighted by Gasteiger charge is -2.10. The summed E-state index contributed by atoms with van der Waals surface area (Å²) in [4.78, 5) is 39.6. The third-order valence-electron chi connectivity index (χ3n) is 6.82. The lowest BCUT2D eigenvalue weighted by atomic mass is 10.2. The van der Waals surface area contributed by atoms with Gasteiger partial charge in [0, 0.05) is 23.2 Å². The van der Waals surface area contributed by atoms with Gasteiger partial charge in [0.15, 0.2) is 12.4 Å². The summed E-state index contributed by atoms with van der Waals surface area (Å²) < 4.78 is 14.6. The quantitative estimate of drug-likeness (QED) is 0.244. The number of halogens is 1. The third kappa shape index (κ3) is 10.7. The summed E-state index contributed by atoms with van der Waals surface area (Å²) in [7, 11) is 0. The zero-order chi connectivity index (χ0) is 30.3. The lowest BCUT2D eigenvalue weighted by Crippen LogP contribution is -2.36. The normalized spacial score (nSPS) is 14.6. The van der Waals surface area contributed by atoms with Crippen molar-refractivity contribution in [2.24, 2.45) is 0 Å². The Morgan fingerprint density at radius 2 is 1.37 bits per heavy atom. The van der Waals surface area contributed by atoms with E-state index in [9.17, 15) is 14.4 Å². The number of amides is 2. The zero-order valence-electron chi connectivity index (χ0n) is 23.7. The molecule has 43 heavy (non-hydrogen) atoms. The maximum absolute atomic E-state index is 11.7. The van der Waals surface area contributed by atoms with E-state index in [2.05, 4.69) is 35.4 Å². The number of carbonyl (C=O) groups excluding carboxylic acids is 2. The summed E-state index contributed by atoms with van der Waals surface area (Å²) >= 11 is 5.32. The molecule has 2 aliphatic carbocycles. The largest absolute Gasteiger partial charge is 0.439 e. The fraction of sp³-hybridized carbons (Fsp3) is 0.400. The van der Waals surface area contributed by atoms with Crippen LogP contribution in [0, 0.1) is 0 Å². The molecule has 4 aromatic rings. The second-order valence-electron chi connectivity index (χ2n) is 10.1. The van der Waals surface area contributed by atoms with E-state index in [1.807, 2.05) is 60.7 Å². The van der Waals surface area contributed by atoms with Crippen LogP contribution >= 0.6 is 11.6 Å². The van der Waals surface area contributed by atoms with Crippen LogP contribution in [0.3, 0.4) is 0 Å². The van der Waals surface area contributed by atoms with Gasteiger partial charge in [0.05, 0.1) is 0 Å². The number of hydrogen-bond acceptors (Lipinski definition) is 9. The van der Waals surface area contributed by atoms with Crippen molar-refractivity contribution in [2.45, 2.75) is 63.5 Å². The first-order valence-corrected chi connectivity index (χ1v) is 14.8. The molecular weight excluding hydrogens is 576 g/mol. The van der Waals surface area contributed by atoms with Gasteiger partial charge in [0.1, 0.15) is 5.88 Å². The van der Waals surface area contributed by atoms with Gasteiger partial charge in [-0.2, -0.15) is 4.98 Å². The predicted molar refractivity (Wildman–Crippen MR) is 159 cm³/mol. The summed E-state index contributed by atoms with van der Waals surface area (Å²) in [5.41, 5.74) is 1.68. The molecule has 6 rings (SSSR count). The highest BCUT2D eigenvalue weighted by molar-refractivity contribution is 6.27. The molecule has 12 nitrogen and oxygen atoms in total. The molecule has 2 heterocycles. The Labute approximate surface area is 253 Å². The van der Waals surface area contributed by atoms with Gasteiger partial charge in [-0.05, 0) is 25.7 Å². The molecule has 3 N–H and O–H groups in total. The number of aromatic amines is 1. The molecule has 2 aromatic heterocycles. The average Bonchev–Trinajstić information content (AvgIpc) is 3.87. The van der Waals surface area contributed by atoms with E-state index in [0.717, 1.165) is 36.8 Å². The molecule has 2 amide bonds. The number of nitrogens with zero attached hydrogens (tertiary/aromatic N) is 3. The second kappa shape index (κ2) is 16.9. The van der Waals surface area contributed by atoms with Crippen molar-refractivity contribution in [1.29, 1.82) is 0 Å². The molecule has 2 aliphatic rings. The highest BCUT2D eigenvalue weighted by atomic mass is 35.5. The van der Waals surface area contributed by atoms with Crippen molar-refractivity contribution in [1.82, 2.24) is 30.9 Å². The highest BCUT2D eigenvalue weighted by Crippen LogP contribution is 2.19. The maximum atomic E-state index is 11.7. The molecule has 2 aromatic carbocycles. The topological polar surface area (TPSA) is 165 Å². The van der Waals surface area contributed by atoms with Gasteiger partial charge in [0.25, 0.3) is 5.91 Å². The molecule has 0 radical (unpaired) electrons. The number of aromatic nitrogens is 4. The van der Waals surface area contributed by atoms with Crippen LogP contribution in [0.15, 0.2) is 74.5 Å². The molecule has 13 heteroatoms. The predicted octanol–water partition coefficient (Wildman–Crippen LogP) is 4.49. The zero-order valence-corrected chi connectivity index (χ0v) is 24.4. The van der Waals surface area contributed by atoms with Crippen molar-refractivity contribution < 1.29 is 23.4 Å². The summed E-state index contributed by atoms with van der Waals surface area (Å²) in [6, 6.07) is 19.4. The van der Waals surface area contributed by atoms with Gasteiger partial charge in [-0.15, -0.1) is 11.6 Å². The Morgan fingerprint density at radius 1 is 0.814 bits per heavy atom. The van der Waals surface area contributed by atoms with Gasteiger partial charge < -0.3 is 15.4 Å². The number of rotatable bonds is 8. The van der Waals surface area contributed by atoms with Crippen molar-refractivity contribution in [2.75, 3.05) is 12.5 Å². The van der Waals surface area contributed by atoms with Crippen LogP contribution in [-0.4, -0.2) is 56.7 Å². The first-order chi connectivity index (χ1) is 21.0. The van der Waals surface area contributed by atoms with Crippen LogP contribution in [0.2, 0.25) is 0 Å². The Morgan fingerprint density at radius 3 is 1.91 bits per heavy atom. The van der Waals surface area contributed by atoms with E-state index in [0.29, 0.717) is 17.7 Å². The van der Waals surface area contributed by atoms with Gasteiger partial charge in [-0.25, -0.2) is 4.79 Å². The van der Waals surface area contributed by atoms with Gasteiger partial charge >= 0.3 is 11.8 Å². The number of alkyl halides is 1. The summed E-state index contributed by atoms with van der Waals surface area (Å²) in [5, 5.41) is 13.2. The molecule has 0 saturated heterocycles. The summed E-state index contributed by atoms with van der Waals surface area (Å²) in [6.07, 6.45) is 9.20. The molecule has 2 fully saturated rings. The number of benzene rings is 2. The molecule has 0 atom stereocenters. The fourth-order valence-electron chi connectivity index (χ4n) is 4.73. The van der Waals surface area contributed by atoms with Gasteiger partial charge in [-0.3, -0.25) is 23.6 Å². The van der Waals surface area contributed by atoms with Crippen LogP contribution in [-0.2, 0) is 9.59 Å². The molecule has 0 bridgehead atoms. The smallest absolute Gasteiger partial charge is 0.439 e. The van der Waals surface area contributed by atoms with E-state index in [4.69, 9.17) is 20.9 Å². The van der Waals surface area contributed by atoms with Crippen molar-refractivity contribution in [3.05, 3.63) is 71.2 Å². The molecule has 228 valence electrons. The number of ether oxygens (including phenoxy) is 1. The Balaban J connectivity index is 0.000000163. The van der Waals surface area contributed by atoms with Crippen LogP contribution in [0.1, 0.15) is 51.4 Å². The van der Waals surface area contributed by atoms with Crippen LogP contribution < -0.4 is 21.1 Å². The summed E-state index contributed by atoms with van der Waals surface area (Å²) in [5.74, 6) is 0.280. The van der Waals surface area contributed by atoms with E-state index < -0.39 is 5.76 Å². The van der Waals surface area contributed by atoms with E-state index in [-0.39, 0.29) is 36.4 Å². The van der Waals surface area contributed by atoms with Crippen LogP contribution in [0.5, 0.6) is 6.08 Å². The van der Waals surface area contributed by atoms with Crippen molar-refractivity contribution >= 4 is 23.4 Å². The first-order valence-electron chi connectivity index (χ1n) is 14.3. The summed E-state index contributed by atoms with van der Waals surface area (Å²) in [6.45, 7) is -0.104.